The van der Waals surface area contributed by atoms with Gasteiger partial charge in [0.25, 0.3) is 0 Å². The quantitative estimate of drug-likeness (QED) is 0.235. The third kappa shape index (κ3) is 6.61. The fourth-order valence-electron chi connectivity index (χ4n) is 1.27. The molecule has 0 amide bonds. The molecule has 110 valence electrons. The smallest absolute Gasteiger partial charge is 0.308 e. The summed E-state index contributed by atoms with van der Waals surface area (Å²) in [7, 11) is -2.00. The molecule has 1 atom stereocenters. The number of carbonyl (C=O) groups is 1. The Bertz CT molecular complexity index is 347. The average Bonchev–Trinajstić information content (AvgIpc) is 2.24. The highest BCUT2D eigenvalue weighted by atomic mass is 28.4. The van der Waals surface area contributed by atoms with E-state index in [0.717, 1.165) is 0 Å². The molecule has 0 aliphatic heterocycles. The van der Waals surface area contributed by atoms with E-state index < -0.39 is 14.4 Å². The predicted molar refractivity (Wildman–Crippen MR) is 77.3 cm³/mol. The first kappa shape index (κ1) is 18.0. The summed E-state index contributed by atoms with van der Waals surface area (Å²) in [6.45, 7) is 12.8. The van der Waals surface area contributed by atoms with Crippen LogP contribution in [0.25, 0.3) is 10.4 Å². The van der Waals surface area contributed by atoms with Crippen LogP contribution in [-0.4, -0.2) is 33.5 Å². The van der Waals surface area contributed by atoms with Crippen molar-refractivity contribution in [2.45, 2.75) is 58.4 Å². The van der Waals surface area contributed by atoms with Gasteiger partial charge in [-0.3, -0.25) is 4.79 Å². The van der Waals surface area contributed by atoms with Crippen LogP contribution in [0, 0.1) is 0 Å². The molecule has 6 nitrogen and oxygen atoms in total. The first-order valence-corrected chi connectivity index (χ1v) is 9.39. The maximum absolute atomic E-state index is 11.5. The molecule has 0 unspecified atom stereocenters. The minimum atomic E-state index is -2.00. The van der Waals surface area contributed by atoms with Gasteiger partial charge in [-0.1, -0.05) is 25.9 Å². The van der Waals surface area contributed by atoms with E-state index in [1.54, 1.807) is 6.92 Å². The monoisotopic (exact) mass is 287 g/mol. The summed E-state index contributed by atoms with van der Waals surface area (Å²) in [4.78, 5) is 14.3. The summed E-state index contributed by atoms with van der Waals surface area (Å²) >= 11 is 0. The molecule has 0 rings (SSSR count). The van der Waals surface area contributed by atoms with Gasteiger partial charge in [-0.15, -0.1) is 0 Å². The van der Waals surface area contributed by atoms with Gasteiger partial charge in [0.15, 0.2) is 8.32 Å². The number of hydrogen-bond acceptors (Lipinski definition) is 4. The molecule has 0 aromatic heterocycles. The van der Waals surface area contributed by atoms with Crippen molar-refractivity contribution in [2.24, 2.45) is 5.11 Å². The lowest BCUT2D eigenvalue weighted by Gasteiger charge is -2.38. The molecule has 0 N–H and O–H groups in total. The Kier molecular flexibility index (Phi) is 7.11. The second-order valence-electron chi connectivity index (χ2n) is 5.92. The zero-order valence-electron chi connectivity index (χ0n) is 12.8. The normalized spacial score (nSPS) is 13.6. The van der Waals surface area contributed by atoms with Crippen molar-refractivity contribution in [3.05, 3.63) is 10.4 Å². The van der Waals surface area contributed by atoms with Crippen molar-refractivity contribution in [3.63, 3.8) is 0 Å². The summed E-state index contributed by atoms with van der Waals surface area (Å²) < 4.78 is 11.0. The van der Waals surface area contributed by atoms with Crippen LogP contribution in [0.2, 0.25) is 18.1 Å². The van der Waals surface area contributed by atoms with Crippen molar-refractivity contribution in [1.29, 1.82) is 0 Å². The number of carbonyl (C=O) groups excluding carboxylic acids is 1. The van der Waals surface area contributed by atoms with Crippen molar-refractivity contribution in [2.75, 3.05) is 13.2 Å². The van der Waals surface area contributed by atoms with Gasteiger partial charge in [0.1, 0.15) is 0 Å². The van der Waals surface area contributed by atoms with Crippen LogP contribution in [-0.2, 0) is 14.0 Å². The first-order chi connectivity index (χ1) is 8.64. The number of azide groups is 1. The highest BCUT2D eigenvalue weighted by Gasteiger charge is 2.39. The average molecular weight is 287 g/mol. The van der Waals surface area contributed by atoms with Gasteiger partial charge >= 0.3 is 5.97 Å². The van der Waals surface area contributed by atoms with Gasteiger partial charge in [-0.2, -0.15) is 0 Å². The highest BCUT2D eigenvalue weighted by Crippen LogP contribution is 2.37. The number of esters is 1. The van der Waals surface area contributed by atoms with Crippen LogP contribution in [0.1, 0.15) is 34.1 Å². The van der Waals surface area contributed by atoms with E-state index in [0.29, 0.717) is 6.61 Å². The molecule has 0 spiro atoms. The number of rotatable bonds is 7. The molecule has 0 aliphatic rings. The molecule has 0 saturated heterocycles. The van der Waals surface area contributed by atoms with E-state index in [1.165, 1.54) is 0 Å². The molecular formula is C12H25N3O3Si. The van der Waals surface area contributed by atoms with E-state index >= 15 is 0 Å². The molecule has 0 radical (unpaired) electrons. The summed E-state index contributed by atoms with van der Waals surface area (Å²) in [5, 5.41) is 3.56. The third-order valence-electron chi connectivity index (χ3n) is 3.32. The van der Waals surface area contributed by atoms with Gasteiger partial charge < -0.3 is 9.16 Å². The van der Waals surface area contributed by atoms with Crippen LogP contribution in [0.4, 0.5) is 0 Å². The van der Waals surface area contributed by atoms with Crippen LogP contribution >= 0.6 is 0 Å². The second kappa shape index (κ2) is 7.52. The molecular weight excluding hydrogens is 262 g/mol. The maximum Gasteiger partial charge on any atom is 0.308 e. The van der Waals surface area contributed by atoms with E-state index in [2.05, 4.69) is 43.9 Å². The molecule has 0 aromatic carbocycles. The lowest BCUT2D eigenvalue weighted by atomic mass is 10.2. The fraction of sp³-hybridized carbons (Fsp3) is 0.917. The van der Waals surface area contributed by atoms with Gasteiger partial charge in [-0.25, -0.2) is 0 Å². The maximum atomic E-state index is 11.5. The molecule has 0 saturated carbocycles. The summed E-state index contributed by atoms with van der Waals surface area (Å²) in [5.74, 6) is -0.320. The fourth-order valence-corrected chi connectivity index (χ4v) is 2.62. The Morgan fingerprint density at radius 1 is 1.42 bits per heavy atom. The standard InChI is InChI=1S/C12H25N3O3Si/c1-7-17-11(16)8-10(9-14-15-13)18-19(5,6)12(2,3)4/h10H,7-9H2,1-6H3/t10-/m0/s1. The lowest BCUT2D eigenvalue weighted by molar-refractivity contribution is -0.144. The lowest BCUT2D eigenvalue weighted by Crippen LogP contribution is -2.45. The summed E-state index contributed by atoms with van der Waals surface area (Å²) in [6.07, 6.45) is -0.282. The Labute approximate surface area is 116 Å². The number of ether oxygens (including phenoxy) is 1. The van der Waals surface area contributed by atoms with Gasteiger partial charge in [0.2, 0.25) is 0 Å². The Morgan fingerprint density at radius 3 is 2.42 bits per heavy atom. The molecule has 0 bridgehead atoms. The molecule has 0 aliphatic carbocycles. The van der Waals surface area contributed by atoms with E-state index in [1.807, 2.05) is 0 Å². The first-order valence-electron chi connectivity index (χ1n) is 6.48. The molecule has 7 heteroatoms. The Hall–Kier alpha value is -1.04. The number of hydrogen-bond donors (Lipinski definition) is 0. The van der Waals surface area contributed by atoms with Crippen molar-refractivity contribution in [3.8, 4) is 0 Å². The van der Waals surface area contributed by atoms with Crippen molar-refractivity contribution in [1.82, 2.24) is 0 Å². The highest BCUT2D eigenvalue weighted by molar-refractivity contribution is 6.74. The van der Waals surface area contributed by atoms with Crippen LogP contribution in [0.5, 0.6) is 0 Å². The van der Waals surface area contributed by atoms with Crippen molar-refractivity contribution < 1.29 is 14.0 Å². The number of nitrogens with zero attached hydrogens (tertiary/aromatic N) is 3. The minimum Gasteiger partial charge on any atom is -0.466 e. The van der Waals surface area contributed by atoms with E-state index in [-0.39, 0.29) is 24.0 Å². The second-order valence-corrected chi connectivity index (χ2v) is 10.7. The molecule has 19 heavy (non-hydrogen) atoms. The minimum absolute atomic E-state index is 0.0380. The molecule has 0 aromatic rings. The predicted octanol–water partition coefficient (Wildman–Crippen LogP) is 3.64. The Balaban J connectivity index is 4.76. The van der Waals surface area contributed by atoms with Crippen LogP contribution in [0.15, 0.2) is 5.11 Å². The topological polar surface area (TPSA) is 84.3 Å². The van der Waals surface area contributed by atoms with Gasteiger partial charge in [0, 0.05) is 4.91 Å². The van der Waals surface area contributed by atoms with E-state index in [4.69, 9.17) is 14.7 Å². The molecule has 0 heterocycles. The zero-order valence-corrected chi connectivity index (χ0v) is 13.8. The van der Waals surface area contributed by atoms with Crippen LogP contribution in [0.3, 0.4) is 0 Å². The van der Waals surface area contributed by atoms with Crippen molar-refractivity contribution >= 4 is 14.3 Å². The Morgan fingerprint density at radius 2 is 2.00 bits per heavy atom. The summed E-state index contributed by atoms with van der Waals surface area (Å²) in [6, 6.07) is 0. The van der Waals surface area contributed by atoms with Crippen LogP contribution < -0.4 is 0 Å². The SMILES string of the molecule is CCOC(=O)C[C@@H](CN=[N+]=[N-])O[Si](C)(C)C(C)(C)C. The largest absolute Gasteiger partial charge is 0.466 e. The van der Waals surface area contributed by atoms with E-state index in [9.17, 15) is 4.79 Å². The van der Waals surface area contributed by atoms with Gasteiger partial charge in [-0.05, 0) is 30.6 Å². The summed E-state index contributed by atoms with van der Waals surface area (Å²) in [5.41, 5.74) is 8.41. The van der Waals surface area contributed by atoms with Gasteiger partial charge in [0.05, 0.1) is 25.7 Å². The third-order valence-corrected chi connectivity index (χ3v) is 7.85. The molecule has 0 fully saturated rings. The zero-order chi connectivity index (χ0) is 15.1.